The van der Waals surface area contributed by atoms with Gasteiger partial charge in [0.25, 0.3) is 0 Å². The van der Waals surface area contributed by atoms with Gasteiger partial charge in [-0.25, -0.2) is 4.39 Å². The molecule has 14 heavy (non-hydrogen) atoms. The second-order valence-electron chi connectivity index (χ2n) is 3.61. The van der Waals surface area contributed by atoms with Crippen LogP contribution in [0.5, 0.6) is 0 Å². The monoisotopic (exact) mass is 196 g/mol. The van der Waals surface area contributed by atoms with E-state index < -0.39 is 5.60 Å². The lowest BCUT2D eigenvalue weighted by Gasteiger charge is -2.27. The van der Waals surface area contributed by atoms with Crippen LogP contribution in [0.3, 0.4) is 0 Å². The van der Waals surface area contributed by atoms with Crippen molar-refractivity contribution in [2.24, 2.45) is 0 Å². The second-order valence-corrected chi connectivity index (χ2v) is 3.61. The van der Waals surface area contributed by atoms with Gasteiger partial charge in [-0.3, -0.25) is 0 Å². The molecule has 0 aliphatic carbocycles. The number of halogens is 1. The zero-order chi connectivity index (χ0) is 10.6. The first-order valence-corrected chi connectivity index (χ1v) is 5.11. The Balaban J connectivity index is 3.05. The van der Waals surface area contributed by atoms with Crippen LogP contribution in [0.2, 0.25) is 0 Å². The van der Waals surface area contributed by atoms with E-state index in [2.05, 4.69) is 0 Å². The van der Waals surface area contributed by atoms with Gasteiger partial charge < -0.3 is 5.11 Å². The number of hydrogen-bond donors (Lipinski definition) is 1. The van der Waals surface area contributed by atoms with Gasteiger partial charge in [0.05, 0.1) is 5.60 Å². The van der Waals surface area contributed by atoms with Crippen LogP contribution in [0.15, 0.2) is 24.3 Å². The molecule has 0 heterocycles. The third-order valence-electron chi connectivity index (χ3n) is 2.62. The van der Waals surface area contributed by atoms with Crippen LogP contribution in [-0.2, 0) is 5.60 Å². The number of rotatable bonds is 4. The summed E-state index contributed by atoms with van der Waals surface area (Å²) in [5.74, 6) is -0.315. The maximum absolute atomic E-state index is 13.4. The summed E-state index contributed by atoms with van der Waals surface area (Å²) in [7, 11) is 0. The van der Waals surface area contributed by atoms with Crippen molar-refractivity contribution in [1.29, 1.82) is 0 Å². The number of hydrogen-bond acceptors (Lipinski definition) is 1. The minimum absolute atomic E-state index is 0.315. The zero-order valence-corrected chi connectivity index (χ0v) is 8.76. The molecule has 0 bridgehead atoms. The standard InChI is InChI=1S/C12H17FO/c1-3-9-12(14,4-2)10-7-5-6-8-11(10)13/h5-8,14H,3-4,9H2,1-2H3. The molecule has 1 N–H and O–H groups in total. The van der Waals surface area contributed by atoms with E-state index in [4.69, 9.17) is 0 Å². The van der Waals surface area contributed by atoms with Gasteiger partial charge in [-0.2, -0.15) is 0 Å². The van der Waals surface area contributed by atoms with Crippen LogP contribution in [0.25, 0.3) is 0 Å². The van der Waals surface area contributed by atoms with E-state index >= 15 is 0 Å². The Kier molecular flexibility index (Phi) is 3.64. The van der Waals surface area contributed by atoms with Gasteiger partial charge in [0.2, 0.25) is 0 Å². The average molecular weight is 196 g/mol. The van der Waals surface area contributed by atoms with Gasteiger partial charge >= 0.3 is 0 Å². The fourth-order valence-corrected chi connectivity index (χ4v) is 1.75. The predicted molar refractivity (Wildman–Crippen MR) is 55.5 cm³/mol. The van der Waals surface area contributed by atoms with Crippen molar-refractivity contribution in [3.63, 3.8) is 0 Å². The Bertz CT molecular complexity index is 298. The SMILES string of the molecule is CCCC(O)(CC)c1ccccc1F. The van der Waals surface area contributed by atoms with Crippen LogP contribution in [0, 0.1) is 5.82 Å². The first-order chi connectivity index (χ1) is 6.64. The summed E-state index contributed by atoms with van der Waals surface area (Å²) in [6.45, 7) is 3.86. The van der Waals surface area contributed by atoms with Gasteiger partial charge in [-0.05, 0) is 18.9 Å². The normalized spacial score (nSPS) is 15.1. The van der Waals surface area contributed by atoms with E-state index in [-0.39, 0.29) is 5.82 Å². The molecule has 1 aromatic rings. The Morgan fingerprint density at radius 2 is 1.93 bits per heavy atom. The summed E-state index contributed by atoms with van der Waals surface area (Å²) in [6.07, 6.45) is 1.99. The predicted octanol–water partition coefficient (Wildman–Crippen LogP) is 3.22. The van der Waals surface area contributed by atoms with E-state index in [0.29, 0.717) is 18.4 Å². The van der Waals surface area contributed by atoms with Crippen molar-refractivity contribution in [1.82, 2.24) is 0 Å². The van der Waals surface area contributed by atoms with Gasteiger partial charge in [-0.15, -0.1) is 0 Å². The molecule has 0 saturated carbocycles. The lowest BCUT2D eigenvalue weighted by atomic mass is 9.86. The molecule has 1 rings (SSSR count). The van der Waals surface area contributed by atoms with Gasteiger partial charge in [0.1, 0.15) is 5.82 Å². The smallest absolute Gasteiger partial charge is 0.129 e. The molecule has 1 aromatic carbocycles. The van der Waals surface area contributed by atoms with Crippen LogP contribution >= 0.6 is 0 Å². The summed E-state index contributed by atoms with van der Waals surface area (Å²) >= 11 is 0. The van der Waals surface area contributed by atoms with Crippen LogP contribution in [-0.4, -0.2) is 5.11 Å². The fourth-order valence-electron chi connectivity index (χ4n) is 1.75. The highest BCUT2D eigenvalue weighted by molar-refractivity contribution is 5.24. The first-order valence-electron chi connectivity index (χ1n) is 5.11. The quantitative estimate of drug-likeness (QED) is 0.783. The van der Waals surface area contributed by atoms with Crippen LogP contribution in [0.4, 0.5) is 4.39 Å². The largest absolute Gasteiger partial charge is 0.385 e. The third-order valence-corrected chi connectivity index (χ3v) is 2.62. The number of aliphatic hydroxyl groups is 1. The highest BCUT2D eigenvalue weighted by atomic mass is 19.1. The van der Waals surface area contributed by atoms with Crippen LogP contribution < -0.4 is 0 Å². The summed E-state index contributed by atoms with van der Waals surface area (Å²) in [4.78, 5) is 0. The molecule has 0 spiro atoms. The molecule has 0 aliphatic heterocycles. The van der Waals surface area contributed by atoms with Crippen molar-refractivity contribution < 1.29 is 9.50 Å². The maximum atomic E-state index is 13.4. The van der Waals surface area contributed by atoms with Crippen molar-refractivity contribution >= 4 is 0 Å². The summed E-state index contributed by atoms with van der Waals surface area (Å²) < 4.78 is 13.4. The summed E-state index contributed by atoms with van der Waals surface area (Å²) in [5.41, 5.74) is -0.579. The molecule has 0 amide bonds. The van der Waals surface area contributed by atoms with E-state index in [1.165, 1.54) is 6.07 Å². The molecule has 0 radical (unpaired) electrons. The highest BCUT2D eigenvalue weighted by Crippen LogP contribution is 2.31. The lowest BCUT2D eigenvalue weighted by molar-refractivity contribution is 0.0192. The molecule has 78 valence electrons. The Labute approximate surface area is 84.6 Å². The van der Waals surface area contributed by atoms with E-state index in [9.17, 15) is 9.50 Å². The minimum Gasteiger partial charge on any atom is -0.385 e. The molecule has 0 aromatic heterocycles. The van der Waals surface area contributed by atoms with Gasteiger partial charge in [0, 0.05) is 5.56 Å². The van der Waals surface area contributed by atoms with E-state index in [1.807, 2.05) is 13.8 Å². The molecular weight excluding hydrogens is 179 g/mol. The molecule has 1 nitrogen and oxygen atoms in total. The minimum atomic E-state index is -1.000. The highest BCUT2D eigenvalue weighted by Gasteiger charge is 2.28. The average Bonchev–Trinajstić information content (AvgIpc) is 2.18. The van der Waals surface area contributed by atoms with E-state index in [0.717, 1.165) is 6.42 Å². The third kappa shape index (κ3) is 2.13. The Morgan fingerprint density at radius 3 is 2.43 bits per heavy atom. The molecule has 0 aliphatic rings. The Hall–Kier alpha value is -0.890. The van der Waals surface area contributed by atoms with E-state index in [1.54, 1.807) is 18.2 Å². The Morgan fingerprint density at radius 1 is 1.29 bits per heavy atom. The molecular formula is C12H17FO. The molecule has 1 unspecified atom stereocenters. The van der Waals surface area contributed by atoms with Crippen molar-refractivity contribution in [3.8, 4) is 0 Å². The molecule has 2 heteroatoms. The zero-order valence-electron chi connectivity index (χ0n) is 8.76. The van der Waals surface area contributed by atoms with Gasteiger partial charge in [0.15, 0.2) is 0 Å². The number of benzene rings is 1. The van der Waals surface area contributed by atoms with Crippen LogP contribution in [0.1, 0.15) is 38.7 Å². The maximum Gasteiger partial charge on any atom is 0.129 e. The summed E-state index contributed by atoms with van der Waals surface area (Å²) in [6, 6.07) is 6.45. The van der Waals surface area contributed by atoms with Crippen molar-refractivity contribution in [2.75, 3.05) is 0 Å². The first kappa shape index (κ1) is 11.2. The molecule has 0 fully saturated rings. The summed E-state index contributed by atoms with van der Waals surface area (Å²) in [5, 5.41) is 10.2. The van der Waals surface area contributed by atoms with Crippen molar-refractivity contribution in [2.45, 2.75) is 38.7 Å². The van der Waals surface area contributed by atoms with Gasteiger partial charge in [-0.1, -0.05) is 38.5 Å². The lowest BCUT2D eigenvalue weighted by Crippen LogP contribution is -2.25. The topological polar surface area (TPSA) is 20.2 Å². The molecule has 0 saturated heterocycles. The second kappa shape index (κ2) is 4.56. The molecule has 1 atom stereocenters. The van der Waals surface area contributed by atoms with Crippen molar-refractivity contribution in [3.05, 3.63) is 35.6 Å². The fraction of sp³-hybridized carbons (Fsp3) is 0.500.